The highest BCUT2D eigenvalue weighted by Crippen LogP contribution is 2.61. The van der Waals surface area contributed by atoms with E-state index in [9.17, 15) is 23.9 Å². The number of hydrogen-bond acceptors (Lipinski definition) is 5. The van der Waals surface area contributed by atoms with Crippen LogP contribution in [0.25, 0.3) is 0 Å². The number of carbonyl (C=O) groups is 2. The molecule has 0 saturated carbocycles. The van der Waals surface area contributed by atoms with E-state index < -0.39 is 36.8 Å². The largest absolute Gasteiger partial charge is 0.464 e. The van der Waals surface area contributed by atoms with Crippen LogP contribution in [0.5, 0.6) is 0 Å². The third-order valence-corrected chi connectivity index (χ3v) is 7.05. The van der Waals surface area contributed by atoms with Crippen molar-refractivity contribution in [1.82, 2.24) is 4.90 Å². The fourth-order valence-electron chi connectivity index (χ4n) is 3.69. The Morgan fingerprint density at radius 3 is 2.08 bits per heavy atom. The zero-order chi connectivity index (χ0) is 18.5. The maximum Gasteiger partial charge on any atom is 0.410 e. The van der Waals surface area contributed by atoms with E-state index in [0.29, 0.717) is 6.42 Å². The van der Waals surface area contributed by atoms with Crippen molar-refractivity contribution >= 4 is 19.7 Å². The summed E-state index contributed by atoms with van der Waals surface area (Å²) in [6, 6.07) is -1.04. The molecule has 0 radical (unpaired) electrons. The molecule has 9 heteroatoms. The van der Waals surface area contributed by atoms with E-state index in [-0.39, 0.29) is 32.6 Å². The molecule has 1 amide bonds. The number of nitrogens with zero attached hydrogens (tertiary/aromatic N) is 1. The number of ether oxygens (including phenoxy) is 2. The summed E-state index contributed by atoms with van der Waals surface area (Å²) >= 11 is 0. The molecule has 24 heavy (non-hydrogen) atoms. The maximum atomic E-state index is 12.5. The molecule has 0 unspecified atom stereocenters. The lowest BCUT2D eigenvalue weighted by atomic mass is 9.81. The smallest absolute Gasteiger partial charge is 0.410 e. The molecule has 1 heterocycles. The van der Waals surface area contributed by atoms with Gasteiger partial charge in [-0.3, -0.25) is 9.46 Å². The molecular weight excluding hydrogens is 337 g/mol. The molecule has 1 fully saturated rings. The van der Waals surface area contributed by atoms with Crippen molar-refractivity contribution in [1.29, 1.82) is 0 Å². The van der Waals surface area contributed by atoms with E-state index >= 15 is 0 Å². The van der Waals surface area contributed by atoms with Gasteiger partial charge in [-0.25, -0.2) is 9.59 Å². The third kappa shape index (κ3) is 3.76. The normalized spacial score (nSPS) is 21.7. The van der Waals surface area contributed by atoms with Crippen LogP contribution in [0.3, 0.4) is 0 Å². The average molecular weight is 365 g/mol. The minimum absolute atomic E-state index is 0.125. The summed E-state index contributed by atoms with van der Waals surface area (Å²) in [5.41, 5.74) is 0. The molecule has 2 atom stereocenters. The lowest BCUT2D eigenvalue weighted by Crippen LogP contribution is -2.51. The monoisotopic (exact) mass is 365 g/mol. The lowest BCUT2D eigenvalue weighted by Gasteiger charge is -2.40. The molecule has 0 aliphatic carbocycles. The van der Waals surface area contributed by atoms with Gasteiger partial charge in [-0.05, 0) is 33.1 Å². The first-order chi connectivity index (χ1) is 11.2. The highest BCUT2D eigenvalue weighted by molar-refractivity contribution is 7.53. The second kappa shape index (κ2) is 8.32. The van der Waals surface area contributed by atoms with Crippen LogP contribution >= 0.6 is 7.60 Å². The van der Waals surface area contributed by atoms with E-state index in [2.05, 4.69) is 0 Å². The molecule has 0 aromatic heterocycles. The second-order valence-electron chi connectivity index (χ2n) is 5.84. The predicted octanol–water partition coefficient (Wildman–Crippen LogP) is 2.13. The van der Waals surface area contributed by atoms with Gasteiger partial charge in [0.05, 0.1) is 18.4 Å². The Labute approximate surface area is 142 Å². The lowest BCUT2D eigenvalue weighted by molar-refractivity contribution is -0.149. The first-order valence-corrected chi connectivity index (χ1v) is 9.96. The molecule has 0 spiro atoms. The van der Waals surface area contributed by atoms with Gasteiger partial charge in [0.25, 0.3) is 0 Å². The topological polar surface area (TPSA) is 113 Å². The summed E-state index contributed by atoms with van der Waals surface area (Å²) in [5, 5.41) is -1.37. The van der Waals surface area contributed by atoms with Crippen LogP contribution in [-0.2, 0) is 18.8 Å². The van der Waals surface area contributed by atoms with E-state index in [1.54, 1.807) is 27.7 Å². The quantitative estimate of drug-likeness (QED) is 0.525. The van der Waals surface area contributed by atoms with Crippen molar-refractivity contribution in [3.63, 3.8) is 0 Å². The van der Waals surface area contributed by atoms with Crippen molar-refractivity contribution in [3.05, 3.63) is 0 Å². The molecule has 0 aromatic carbocycles. The molecule has 0 aromatic rings. The summed E-state index contributed by atoms with van der Waals surface area (Å²) in [5.74, 6) is -1.33. The molecular formula is C15H28NO7P. The standard InChI is InChI=1S/C15H28NO7P/c1-5-15(6-2,24(19,20)21)11-9-10-16(14(18)23-8-4)12(11)13(17)22-7-3/h11-12H,5-10H2,1-4H3,(H2,19,20,21)/t11-,12-/m1/s1. The van der Waals surface area contributed by atoms with Crippen LogP contribution in [0.15, 0.2) is 0 Å². The van der Waals surface area contributed by atoms with Gasteiger partial charge in [0.2, 0.25) is 0 Å². The van der Waals surface area contributed by atoms with Crippen LogP contribution in [0.2, 0.25) is 0 Å². The molecule has 0 bridgehead atoms. The number of rotatable bonds is 7. The Morgan fingerprint density at radius 1 is 1.12 bits per heavy atom. The van der Waals surface area contributed by atoms with E-state index in [1.165, 1.54) is 4.90 Å². The van der Waals surface area contributed by atoms with Gasteiger partial charge >= 0.3 is 19.7 Å². The van der Waals surface area contributed by atoms with Crippen molar-refractivity contribution < 1.29 is 33.4 Å². The molecule has 1 aliphatic rings. The molecule has 140 valence electrons. The fraction of sp³-hybridized carbons (Fsp3) is 0.867. The fourth-order valence-corrected chi connectivity index (χ4v) is 5.21. The minimum Gasteiger partial charge on any atom is -0.464 e. The summed E-state index contributed by atoms with van der Waals surface area (Å²) in [4.78, 5) is 45.8. The van der Waals surface area contributed by atoms with Gasteiger partial charge in [-0.1, -0.05) is 13.8 Å². The first kappa shape index (κ1) is 20.9. The summed E-state index contributed by atoms with van der Waals surface area (Å²) < 4.78 is 22.3. The van der Waals surface area contributed by atoms with Gasteiger partial charge in [-0.15, -0.1) is 0 Å². The van der Waals surface area contributed by atoms with Gasteiger partial charge in [0.1, 0.15) is 6.04 Å². The Bertz CT molecular complexity index is 500. The van der Waals surface area contributed by atoms with Crippen molar-refractivity contribution in [3.8, 4) is 0 Å². The van der Waals surface area contributed by atoms with E-state index in [4.69, 9.17) is 9.47 Å². The SMILES string of the molecule is CCOC(=O)[C@H]1[C@H](C(CC)(CC)P(=O)(O)O)CCN1C(=O)OCC. The molecule has 2 N–H and O–H groups in total. The van der Waals surface area contributed by atoms with Crippen LogP contribution in [-0.4, -0.2) is 57.7 Å². The first-order valence-electron chi connectivity index (χ1n) is 8.35. The zero-order valence-electron chi connectivity index (χ0n) is 14.7. The highest BCUT2D eigenvalue weighted by Gasteiger charge is 2.58. The van der Waals surface area contributed by atoms with Crippen molar-refractivity contribution in [2.75, 3.05) is 19.8 Å². The predicted molar refractivity (Wildman–Crippen MR) is 87.6 cm³/mol. The number of carbonyl (C=O) groups excluding carboxylic acids is 2. The van der Waals surface area contributed by atoms with Crippen LogP contribution in [0.4, 0.5) is 4.79 Å². The van der Waals surface area contributed by atoms with E-state index in [1.807, 2.05) is 0 Å². The zero-order valence-corrected chi connectivity index (χ0v) is 15.6. The second-order valence-corrected chi connectivity index (χ2v) is 7.82. The van der Waals surface area contributed by atoms with Crippen LogP contribution < -0.4 is 0 Å². The number of hydrogen-bond donors (Lipinski definition) is 2. The van der Waals surface area contributed by atoms with Gasteiger partial charge in [0, 0.05) is 12.5 Å². The minimum atomic E-state index is -4.51. The van der Waals surface area contributed by atoms with Gasteiger partial charge in [0.15, 0.2) is 0 Å². The van der Waals surface area contributed by atoms with Crippen molar-refractivity contribution in [2.24, 2.45) is 5.92 Å². The Morgan fingerprint density at radius 2 is 1.67 bits per heavy atom. The third-order valence-electron chi connectivity index (χ3n) is 4.92. The molecule has 1 saturated heterocycles. The summed E-state index contributed by atoms with van der Waals surface area (Å²) in [6.07, 6.45) is 0.0513. The Balaban J connectivity index is 3.31. The number of likely N-dealkylation sites (tertiary alicyclic amines) is 1. The summed E-state index contributed by atoms with van der Waals surface area (Å²) in [7, 11) is -4.51. The molecule has 1 aliphatic heterocycles. The number of amides is 1. The Kier molecular flexibility index (Phi) is 7.25. The number of esters is 1. The molecule has 8 nitrogen and oxygen atoms in total. The molecule has 1 rings (SSSR count). The van der Waals surface area contributed by atoms with Crippen LogP contribution in [0, 0.1) is 5.92 Å². The maximum absolute atomic E-state index is 12.5. The van der Waals surface area contributed by atoms with Gasteiger partial charge < -0.3 is 19.3 Å². The Hall–Kier alpha value is -1.11. The van der Waals surface area contributed by atoms with Crippen LogP contribution in [0.1, 0.15) is 47.0 Å². The van der Waals surface area contributed by atoms with Gasteiger partial charge in [-0.2, -0.15) is 0 Å². The van der Waals surface area contributed by atoms with Crippen molar-refractivity contribution in [2.45, 2.75) is 58.2 Å². The average Bonchev–Trinajstić information content (AvgIpc) is 2.93. The summed E-state index contributed by atoms with van der Waals surface area (Å²) in [6.45, 7) is 7.17. The highest BCUT2D eigenvalue weighted by atomic mass is 31.2. The van der Waals surface area contributed by atoms with E-state index in [0.717, 1.165) is 0 Å².